The monoisotopic (exact) mass is 269 g/mol. The molecule has 0 saturated carbocycles. The number of hydrogen-bond donors (Lipinski definition) is 3. The van der Waals surface area contributed by atoms with E-state index in [0.717, 1.165) is 16.8 Å². The number of carboxylic acid groups (broad SMARTS) is 1. The number of nitrogens with one attached hydrogen (secondary N) is 2. The van der Waals surface area contributed by atoms with Gasteiger partial charge in [-0.05, 0) is 5.92 Å². The highest BCUT2D eigenvalue weighted by Gasteiger charge is 2.10. The summed E-state index contributed by atoms with van der Waals surface area (Å²) in [5, 5.41) is 13.3. The van der Waals surface area contributed by atoms with Gasteiger partial charge in [-0.25, -0.2) is 4.68 Å². The molecule has 1 unspecified atom stereocenters. The van der Waals surface area contributed by atoms with Crippen molar-refractivity contribution in [3.8, 4) is 0 Å². The van der Waals surface area contributed by atoms with Gasteiger partial charge < -0.3 is 10.4 Å². The van der Waals surface area contributed by atoms with Crippen LogP contribution in [-0.4, -0.2) is 33.3 Å². The Kier molecular flexibility index (Phi) is 5.04. The van der Waals surface area contributed by atoms with E-state index in [9.17, 15) is 19.2 Å². The zero-order valence-electron chi connectivity index (χ0n) is 10.4. The lowest BCUT2D eigenvalue weighted by Gasteiger charge is -2.10. The summed E-state index contributed by atoms with van der Waals surface area (Å²) in [5.74, 6) is -1.63. The summed E-state index contributed by atoms with van der Waals surface area (Å²) in [7, 11) is 0. The molecule has 1 aromatic heterocycles. The Balaban J connectivity index is 2.52. The first kappa shape index (κ1) is 14.7. The van der Waals surface area contributed by atoms with Crippen LogP contribution in [0.1, 0.15) is 13.3 Å². The fraction of sp³-hybridized carbons (Fsp3) is 0.455. The van der Waals surface area contributed by atoms with Crippen molar-refractivity contribution >= 4 is 11.9 Å². The van der Waals surface area contributed by atoms with Gasteiger partial charge in [-0.2, -0.15) is 0 Å². The van der Waals surface area contributed by atoms with Gasteiger partial charge in [0, 0.05) is 25.1 Å². The van der Waals surface area contributed by atoms with Crippen molar-refractivity contribution in [2.75, 3.05) is 6.54 Å². The van der Waals surface area contributed by atoms with Gasteiger partial charge in [0.1, 0.15) is 6.54 Å². The van der Waals surface area contributed by atoms with Crippen LogP contribution in [0.2, 0.25) is 0 Å². The van der Waals surface area contributed by atoms with Crippen LogP contribution >= 0.6 is 0 Å². The van der Waals surface area contributed by atoms with Crippen LogP contribution in [0.3, 0.4) is 0 Å². The average Bonchev–Trinajstić information content (AvgIpc) is 2.30. The lowest BCUT2D eigenvalue weighted by molar-refractivity contribution is -0.138. The van der Waals surface area contributed by atoms with Crippen molar-refractivity contribution in [1.29, 1.82) is 0 Å². The lowest BCUT2D eigenvalue weighted by Crippen LogP contribution is -2.37. The molecular formula is C11H15N3O5. The quantitative estimate of drug-likeness (QED) is 0.596. The van der Waals surface area contributed by atoms with E-state index in [1.54, 1.807) is 6.92 Å². The van der Waals surface area contributed by atoms with Gasteiger partial charge >= 0.3 is 5.97 Å². The molecule has 1 aromatic rings. The number of aromatic amines is 1. The molecule has 1 amide bonds. The van der Waals surface area contributed by atoms with Gasteiger partial charge in [0.05, 0.1) is 0 Å². The van der Waals surface area contributed by atoms with Crippen molar-refractivity contribution in [2.24, 2.45) is 5.92 Å². The highest BCUT2D eigenvalue weighted by atomic mass is 16.4. The smallest absolute Gasteiger partial charge is 0.303 e. The van der Waals surface area contributed by atoms with Crippen molar-refractivity contribution < 1.29 is 14.7 Å². The molecule has 8 heteroatoms. The van der Waals surface area contributed by atoms with Crippen LogP contribution in [0.25, 0.3) is 0 Å². The van der Waals surface area contributed by atoms with Gasteiger partial charge in [-0.15, -0.1) is 0 Å². The van der Waals surface area contributed by atoms with E-state index in [2.05, 4.69) is 10.4 Å². The maximum absolute atomic E-state index is 11.5. The minimum absolute atomic E-state index is 0.0532. The molecule has 0 spiro atoms. The van der Waals surface area contributed by atoms with Crippen LogP contribution in [0.15, 0.2) is 21.7 Å². The number of carboxylic acids is 1. The zero-order chi connectivity index (χ0) is 14.4. The summed E-state index contributed by atoms with van der Waals surface area (Å²) in [5.41, 5.74) is -0.972. The second-order valence-corrected chi connectivity index (χ2v) is 4.24. The Morgan fingerprint density at radius 1 is 1.42 bits per heavy atom. The Morgan fingerprint density at radius 3 is 2.74 bits per heavy atom. The molecule has 1 heterocycles. The molecule has 0 radical (unpaired) electrons. The molecule has 0 aromatic carbocycles. The average molecular weight is 269 g/mol. The van der Waals surface area contributed by atoms with Crippen LogP contribution < -0.4 is 16.4 Å². The standard InChI is InChI=1S/C11H15N3O5/c1-7(4-11(18)19)5-12-9(16)6-14-10(17)3-2-8(15)13-14/h2-3,7H,4-6H2,1H3,(H,12,16)(H,13,15)(H,18,19). The summed E-state index contributed by atoms with van der Waals surface area (Å²) < 4.78 is 0.888. The number of amides is 1. The maximum Gasteiger partial charge on any atom is 0.303 e. The predicted molar refractivity (Wildman–Crippen MR) is 65.7 cm³/mol. The Morgan fingerprint density at radius 2 is 2.11 bits per heavy atom. The number of hydrogen-bond acceptors (Lipinski definition) is 4. The van der Waals surface area contributed by atoms with E-state index < -0.39 is 23.0 Å². The first-order valence-electron chi connectivity index (χ1n) is 5.67. The molecule has 8 nitrogen and oxygen atoms in total. The van der Waals surface area contributed by atoms with E-state index in [-0.39, 0.29) is 25.4 Å². The molecule has 0 saturated heterocycles. The molecule has 19 heavy (non-hydrogen) atoms. The minimum atomic E-state index is -0.939. The van der Waals surface area contributed by atoms with Crippen molar-refractivity contribution in [1.82, 2.24) is 15.1 Å². The third-order valence-electron chi connectivity index (χ3n) is 2.36. The summed E-state index contributed by atoms with van der Waals surface area (Å²) in [4.78, 5) is 44.3. The molecule has 0 aliphatic heterocycles. The normalized spacial score (nSPS) is 11.8. The first-order chi connectivity index (χ1) is 8.88. The molecule has 1 rings (SSSR count). The maximum atomic E-state index is 11.5. The summed E-state index contributed by atoms with van der Waals surface area (Å²) in [6.45, 7) is 1.57. The Labute approximate surface area is 108 Å². The van der Waals surface area contributed by atoms with E-state index in [1.807, 2.05) is 0 Å². The number of nitrogens with zero attached hydrogens (tertiary/aromatic N) is 1. The fourth-order valence-electron chi connectivity index (χ4n) is 1.44. The van der Waals surface area contributed by atoms with E-state index in [4.69, 9.17) is 5.11 Å². The van der Waals surface area contributed by atoms with Gasteiger partial charge in [0.15, 0.2) is 0 Å². The molecular weight excluding hydrogens is 254 g/mol. The highest BCUT2D eigenvalue weighted by molar-refractivity contribution is 5.75. The third kappa shape index (κ3) is 5.19. The molecule has 0 aliphatic rings. The van der Waals surface area contributed by atoms with Gasteiger partial charge in [-0.1, -0.05) is 6.92 Å². The summed E-state index contributed by atoms with van der Waals surface area (Å²) in [6.07, 6.45) is -0.0532. The number of carbonyl (C=O) groups is 2. The number of carbonyl (C=O) groups excluding carboxylic acids is 1. The second kappa shape index (κ2) is 6.53. The van der Waals surface area contributed by atoms with Crippen LogP contribution in [0, 0.1) is 5.92 Å². The van der Waals surface area contributed by atoms with Crippen molar-refractivity contribution in [3.05, 3.63) is 32.8 Å². The summed E-state index contributed by atoms with van der Waals surface area (Å²) >= 11 is 0. The first-order valence-corrected chi connectivity index (χ1v) is 5.67. The SMILES string of the molecule is CC(CNC(=O)Cn1[nH]c(=O)ccc1=O)CC(=O)O. The third-order valence-corrected chi connectivity index (χ3v) is 2.36. The summed E-state index contributed by atoms with van der Waals surface area (Å²) in [6, 6.07) is 2.14. The molecule has 0 aliphatic carbocycles. The van der Waals surface area contributed by atoms with Gasteiger partial charge in [0.2, 0.25) is 5.91 Å². The van der Waals surface area contributed by atoms with Gasteiger partial charge in [0.25, 0.3) is 11.1 Å². The Hall–Kier alpha value is -2.38. The zero-order valence-corrected chi connectivity index (χ0v) is 10.4. The second-order valence-electron chi connectivity index (χ2n) is 4.24. The Bertz CT molecular complexity index is 574. The number of rotatable bonds is 6. The highest BCUT2D eigenvalue weighted by Crippen LogP contribution is 1.98. The van der Waals surface area contributed by atoms with Crippen molar-refractivity contribution in [3.63, 3.8) is 0 Å². The van der Waals surface area contributed by atoms with Crippen LogP contribution in [0.5, 0.6) is 0 Å². The fourth-order valence-corrected chi connectivity index (χ4v) is 1.44. The molecule has 1 atom stereocenters. The lowest BCUT2D eigenvalue weighted by atomic mass is 10.1. The topological polar surface area (TPSA) is 121 Å². The predicted octanol–water partition coefficient (Wildman–Crippen LogP) is -1.24. The van der Waals surface area contributed by atoms with E-state index in [1.165, 1.54) is 0 Å². The van der Waals surface area contributed by atoms with Crippen LogP contribution in [-0.2, 0) is 16.1 Å². The van der Waals surface area contributed by atoms with E-state index in [0.29, 0.717) is 0 Å². The number of H-pyrrole nitrogens is 1. The molecule has 3 N–H and O–H groups in total. The largest absolute Gasteiger partial charge is 0.481 e. The minimum Gasteiger partial charge on any atom is -0.481 e. The van der Waals surface area contributed by atoms with Gasteiger partial charge in [-0.3, -0.25) is 24.3 Å². The van der Waals surface area contributed by atoms with E-state index >= 15 is 0 Å². The van der Waals surface area contributed by atoms with Crippen LogP contribution in [0.4, 0.5) is 0 Å². The molecule has 0 fully saturated rings. The molecule has 104 valence electrons. The number of aromatic nitrogens is 2. The number of aliphatic carboxylic acids is 1. The van der Waals surface area contributed by atoms with Crippen molar-refractivity contribution in [2.45, 2.75) is 19.9 Å². The molecule has 0 bridgehead atoms.